The number of amides is 2. The molecule has 21 N–H and O–H groups in total. The monoisotopic (exact) mass is 1550 g/mol. The molecule has 34 heteroatoms. The van der Waals surface area contributed by atoms with Crippen molar-refractivity contribution in [3.63, 3.8) is 0 Å². The largest absolute Gasteiger partial charge is 0.477 e. The van der Waals surface area contributed by atoms with E-state index >= 15 is 0 Å². The lowest BCUT2D eigenvalue weighted by Crippen LogP contribution is -2.72. The number of carboxylic acid groups (broad SMARTS) is 1. The Hall–Kier alpha value is -2.71. The van der Waals surface area contributed by atoms with Crippen LogP contribution in [-0.4, -0.2) is 332 Å². The average molecular weight is 1550 g/mol. The Kier molecular flexibility index (Phi) is 44.2. The fourth-order valence-electron chi connectivity index (χ4n) is 14.5. The minimum Gasteiger partial charge on any atom is -0.477 e. The van der Waals surface area contributed by atoms with Crippen molar-refractivity contribution in [2.45, 2.75) is 398 Å². The van der Waals surface area contributed by atoms with Gasteiger partial charge < -0.3 is 155 Å². The predicted molar refractivity (Wildman–Crippen MR) is 377 cm³/mol. The van der Waals surface area contributed by atoms with E-state index in [0.717, 1.165) is 77.6 Å². The number of nitrogens with one attached hydrogen (secondary N) is 2. The summed E-state index contributed by atoms with van der Waals surface area (Å²) >= 11 is 0. The lowest BCUT2D eigenvalue weighted by atomic mass is 9.87. The molecule has 5 aliphatic heterocycles. The molecule has 0 saturated carbocycles. The molecule has 0 aliphatic carbocycles. The van der Waals surface area contributed by atoms with Gasteiger partial charge in [-0.2, -0.15) is 0 Å². The maximum absolute atomic E-state index is 13.9. The third-order valence-electron chi connectivity index (χ3n) is 21.1. The van der Waals surface area contributed by atoms with E-state index in [1.165, 1.54) is 89.9 Å². The normalized spacial score (nSPS) is 34.5. The number of aliphatic carboxylic acids is 1. The van der Waals surface area contributed by atoms with Gasteiger partial charge >= 0.3 is 5.97 Å². The van der Waals surface area contributed by atoms with Gasteiger partial charge in [-0.1, -0.05) is 194 Å². The Balaban J connectivity index is 1.28. The van der Waals surface area contributed by atoms with Gasteiger partial charge in [0.15, 0.2) is 25.2 Å². The van der Waals surface area contributed by atoms with Crippen LogP contribution in [-0.2, 0) is 61.8 Å². The van der Waals surface area contributed by atoms with E-state index < -0.39 is 241 Å². The molecule has 14 unspecified atom stereocenters. The van der Waals surface area contributed by atoms with Gasteiger partial charge in [-0.15, -0.1) is 0 Å². The summed E-state index contributed by atoms with van der Waals surface area (Å²) in [6.07, 6.45) is -23.3. The second-order valence-electron chi connectivity index (χ2n) is 30.2. The summed E-state index contributed by atoms with van der Waals surface area (Å²) in [5.41, 5.74) is 0. The fraction of sp³-hybridized carbons (Fsp3) is 0.959. The third kappa shape index (κ3) is 29.3. The van der Waals surface area contributed by atoms with Gasteiger partial charge in [0.25, 0.3) is 5.79 Å². The number of aliphatic hydroxyl groups excluding tert-OH is 18. The topological polar surface area (TPSA) is 552 Å². The van der Waals surface area contributed by atoms with Crippen LogP contribution < -0.4 is 10.6 Å². The Morgan fingerprint density at radius 1 is 0.477 bits per heavy atom. The van der Waals surface area contributed by atoms with Crippen molar-refractivity contribution in [3.8, 4) is 0 Å². The van der Waals surface area contributed by atoms with E-state index in [9.17, 15) is 111 Å². The van der Waals surface area contributed by atoms with Crippen molar-refractivity contribution in [1.29, 1.82) is 0 Å². The van der Waals surface area contributed by atoms with Crippen LogP contribution in [0.3, 0.4) is 0 Å². The van der Waals surface area contributed by atoms with Crippen LogP contribution >= 0.6 is 0 Å². The van der Waals surface area contributed by atoms with E-state index in [2.05, 4.69) is 31.4 Å². The zero-order valence-electron chi connectivity index (χ0n) is 63.0. The molecule has 34 nitrogen and oxygen atoms in total. The summed E-state index contributed by atoms with van der Waals surface area (Å²) in [5, 5.41) is 215. The van der Waals surface area contributed by atoms with E-state index in [1.807, 2.05) is 0 Å². The first-order valence-corrected chi connectivity index (χ1v) is 39.4. The second kappa shape index (κ2) is 49.8. The molecule has 5 heterocycles. The van der Waals surface area contributed by atoms with Crippen molar-refractivity contribution >= 4 is 17.8 Å². The van der Waals surface area contributed by atoms with E-state index in [-0.39, 0.29) is 12.8 Å². The first-order chi connectivity index (χ1) is 51.1. The van der Waals surface area contributed by atoms with Crippen molar-refractivity contribution in [1.82, 2.24) is 10.6 Å². The van der Waals surface area contributed by atoms with Crippen molar-refractivity contribution < 1.29 is 159 Å². The van der Waals surface area contributed by atoms with Gasteiger partial charge in [0.2, 0.25) is 11.8 Å². The lowest BCUT2D eigenvalue weighted by Gasteiger charge is -2.52. The van der Waals surface area contributed by atoms with E-state index in [1.54, 1.807) is 0 Å². The predicted octanol–water partition coefficient (Wildman–Crippen LogP) is -1.36. The molecule has 0 aromatic carbocycles. The molecule has 0 aromatic heterocycles. The van der Waals surface area contributed by atoms with Gasteiger partial charge in [0.05, 0.1) is 63.9 Å². The quantitative estimate of drug-likeness (QED) is 0.0313. The fourth-order valence-corrected chi connectivity index (χ4v) is 14.5. The zero-order valence-corrected chi connectivity index (χ0v) is 63.0. The molecule has 0 aromatic rings. The Morgan fingerprint density at radius 2 is 0.897 bits per heavy atom. The molecule has 5 aliphatic rings. The number of unbranched alkanes of at least 4 members (excludes halogenated alkanes) is 24. The number of carbonyl (C=O) groups is 3. The summed E-state index contributed by atoms with van der Waals surface area (Å²) in [7, 11) is 0. The maximum Gasteiger partial charge on any atom is 0.364 e. The van der Waals surface area contributed by atoms with Gasteiger partial charge in [-0.25, -0.2) is 4.79 Å². The minimum atomic E-state index is -3.41. The van der Waals surface area contributed by atoms with Gasteiger partial charge in [-0.05, 0) is 18.8 Å². The molecule has 0 radical (unpaired) electrons. The molecule has 628 valence electrons. The number of aliphatic hydroxyl groups is 18. The SMILES string of the molecule is CCCCCCCCCCCCCCCCCCCC[C@@H](O)C(=O)N[C@@H](CO[C@@H]1OC(CO)[C@@H](OC2OC(CO)[C@H](O)C(O[C@]3(C(=O)O)C[C@@H](O[C@@H]4OC(CO)[C@H](O)C(O[C@@H]5O[C@@H](CO)C(O)C5O)C4O)[C@@H](NC(C)=O)C(C(O)C(O)CO)O3)[C@@H]2O)C(O)C1O)[C@H](O)[C@H](O)CCCCCCCCCCC(C)C. The first kappa shape index (κ1) is 94.9. The highest BCUT2D eigenvalue weighted by Gasteiger charge is 2.62. The third-order valence-corrected chi connectivity index (χ3v) is 21.1. The molecule has 5 saturated heterocycles. The van der Waals surface area contributed by atoms with Crippen molar-refractivity contribution in [2.75, 3.05) is 39.6 Å². The Labute approximate surface area is 628 Å². The molecular formula is C73H134N2O32. The van der Waals surface area contributed by atoms with Gasteiger partial charge in [-0.3, -0.25) is 9.59 Å². The number of carboxylic acids is 1. The summed E-state index contributed by atoms with van der Waals surface area (Å²) in [6.45, 7) is 1.54. The van der Waals surface area contributed by atoms with Crippen molar-refractivity contribution in [2.24, 2.45) is 5.92 Å². The highest BCUT2D eigenvalue weighted by atomic mass is 16.8. The lowest BCUT2D eigenvalue weighted by molar-refractivity contribution is -0.393. The summed E-state index contributed by atoms with van der Waals surface area (Å²) in [6, 6.07) is -3.34. The first-order valence-electron chi connectivity index (χ1n) is 39.4. The summed E-state index contributed by atoms with van der Waals surface area (Å²) < 4.78 is 58.2. The highest BCUT2D eigenvalue weighted by Crippen LogP contribution is 2.42. The van der Waals surface area contributed by atoms with Crippen LogP contribution in [0.2, 0.25) is 0 Å². The molecule has 29 atom stereocenters. The second-order valence-corrected chi connectivity index (χ2v) is 30.2. The highest BCUT2D eigenvalue weighted by molar-refractivity contribution is 5.80. The van der Waals surface area contributed by atoms with Crippen LogP contribution in [0.4, 0.5) is 0 Å². The van der Waals surface area contributed by atoms with Crippen LogP contribution in [0.25, 0.3) is 0 Å². The number of hydrogen-bond acceptors (Lipinski definition) is 31. The zero-order chi connectivity index (χ0) is 78.9. The van der Waals surface area contributed by atoms with Crippen molar-refractivity contribution in [3.05, 3.63) is 0 Å². The molecule has 0 spiro atoms. The summed E-state index contributed by atoms with van der Waals surface area (Å²) in [5.74, 6) is -6.74. The smallest absolute Gasteiger partial charge is 0.364 e. The standard InChI is InChI=1S/C73H134N2O32/c1-5-6-7-8-9-10-11-12-13-14-15-16-17-18-19-24-27-30-33-45(83)67(95)75-43(53(85)44(82)32-29-26-23-21-20-22-25-28-31-41(2)3)40-98-68-60(92)58(90)63(51(39-80)103-68)104-71-62(94)66(57(89)50(38-79)102-71)107-73(72(96)97)34-47(52(74-42(4)81)64(106-73)54(86)46(84)35-76)99-70-61(93)65(56(88)49(37-78)101-70)105-69-59(91)55(87)48(36-77)100-69/h41,43-66,68-71,76-80,82-94H,5-40H2,1-4H3,(H,74,81)(H,75,95)(H,96,97)/t43-,44+,45+,46?,47+,48-,49?,50?,51?,52+,53-,54?,55?,56-,57-,58?,59?,60?,61?,62-,63+,64?,65?,66?,68+,69-,70+,71?,73-/m0/s1. The number of carbonyl (C=O) groups excluding carboxylic acids is 2. The van der Waals surface area contributed by atoms with Crippen LogP contribution in [0.1, 0.15) is 220 Å². The van der Waals surface area contributed by atoms with Crippen LogP contribution in [0.5, 0.6) is 0 Å². The molecule has 5 fully saturated rings. The molecule has 0 bridgehead atoms. The molecule has 2 amide bonds. The molecular weight excluding hydrogens is 1420 g/mol. The van der Waals surface area contributed by atoms with E-state index in [0.29, 0.717) is 18.8 Å². The van der Waals surface area contributed by atoms with Gasteiger partial charge in [0.1, 0.15) is 122 Å². The number of ether oxygens (including phenoxy) is 10. The summed E-state index contributed by atoms with van der Waals surface area (Å²) in [4.78, 5) is 40.5. The molecule has 107 heavy (non-hydrogen) atoms. The average Bonchev–Trinajstić information content (AvgIpc) is 1.71. The van der Waals surface area contributed by atoms with E-state index in [4.69, 9.17) is 47.4 Å². The molecule has 5 rings (SSSR count). The van der Waals surface area contributed by atoms with Crippen LogP contribution in [0, 0.1) is 5.92 Å². The number of hydrogen-bond donors (Lipinski definition) is 21. The van der Waals surface area contributed by atoms with Crippen LogP contribution in [0.15, 0.2) is 0 Å². The Bertz CT molecular complexity index is 2420. The minimum absolute atomic E-state index is 0.0908. The Morgan fingerprint density at radius 3 is 1.36 bits per heavy atom. The number of rotatable bonds is 54. The van der Waals surface area contributed by atoms with Gasteiger partial charge in [0, 0.05) is 13.3 Å². The maximum atomic E-state index is 13.9.